The molecule has 33 heavy (non-hydrogen) atoms. The van der Waals surface area contributed by atoms with Gasteiger partial charge in [0, 0.05) is 6.54 Å². The molecule has 1 aliphatic carbocycles. The van der Waals surface area contributed by atoms with Crippen LogP contribution in [0.1, 0.15) is 37.8 Å². The van der Waals surface area contributed by atoms with Gasteiger partial charge in [0.2, 0.25) is 11.9 Å². The number of allylic oxidation sites excluding steroid dienone is 2. The van der Waals surface area contributed by atoms with Crippen molar-refractivity contribution in [3.05, 3.63) is 72.3 Å². The molecule has 5 rings (SSSR count). The van der Waals surface area contributed by atoms with Gasteiger partial charge in [-0.25, -0.2) is 4.98 Å². The van der Waals surface area contributed by atoms with Crippen molar-refractivity contribution in [1.82, 2.24) is 9.55 Å². The third kappa shape index (κ3) is 3.94. The summed E-state index contributed by atoms with van der Waals surface area (Å²) in [6, 6.07) is 17.7. The molecule has 3 atom stereocenters. The summed E-state index contributed by atoms with van der Waals surface area (Å²) in [6.45, 7) is 2.50. The van der Waals surface area contributed by atoms with Crippen LogP contribution in [-0.4, -0.2) is 34.6 Å². The summed E-state index contributed by atoms with van der Waals surface area (Å²) >= 11 is 0. The van der Waals surface area contributed by atoms with Crippen molar-refractivity contribution >= 4 is 28.9 Å². The number of imidazole rings is 1. The molecule has 0 bridgehead atoms. The van der Waals surface area contributed by atoms with E-state index in [1.807, 2.05) is 42.5 Å². The molecule has 1 amide bonds. The number of para-hydroxylation sites is 2. The summed E-state index contributed by atoms with van der Waals surface area (Å²) in [4.78, 5) is 33.7. The Balaban J connectivity index is 1.63. The average Bonchev–Trinajstić information content (AvgIpc) is 3.23. The van der Waals surface area contributed by atoms with E-state index in [9.17, 15) is 9.59 Å². The molecule has 0 N–H and O–H groups in total. The Kier molecular flexibility index (Phi) is 5.99. The first-order valence-electron chi connectivity index (χ1n) is 11.8. The smallest absolute Gasteiger partial charge is 0.320 e. The van der Waals surface area contributed by atoms with Crippen molar-refractivity contribution < 1.29 is 14.3 Å². The number of ether oxygens (including phenoxy) is 1. The second-order valence-electron chi connectivity index (χ2n) is 8.76. The highest BCUT2D eigenvalue weighted by atomic mass is 16.5. The summed E-state index contributed by atoms with van der Waals surface area (Å²) in [6.07, 6.45) is 7.75. The van der Waals surface area contributed by atoms with Crippen molar-refractivity contribution in [2.75, 3.05) is 18.1 Å². The molecule has 0 fully saturated rings. The van der Waals surface area contributed by atoms with Crippen molar-refractivity contribution in [2.24, 2.45) is 11.8 Å². The first kappa shape index (κ1) is 21.4. The summed E-state index contributed by atoms with van der Waals surface area (Å²) in [7, 11) is 0. The molecule has 0 unspecified atom stereocenters. The maximum absolute atomic E-state index is 13.9. The molecule has 1 aliphatic heterocycles. The normalized spacial score (nSPS) is 22.4. The number of amides is 1. The van der Waals surface area contributed by atoms with Crippen LogP contribution in [0.3, 0.4) is 0 Å². The van der Waals surface area contributed by atoms with E-state index in [0.29, 0.717) is 18.9 Å². The third-order valence-electron chi connectivity index (χ3n) is 6.79. The highest BCUT2D eigenvalue weighted by Gasteiger charge is 2.49. The number of hydrogen-bond acceptors (Lipinski definition) is 4. The lowest BCUT2D eigenvalue weighted by Gasteiger charge is -2.41. The van der Waals surface area contributed by atoms with Gasteiger partial charge in [-0.2, -0.15) is 0 Å². The van der Waals surface area contributed by atoms with Gasteiger partial charge in [0.25, 0.3) is 0 Å². The summed E-state index contributed by atoms with van der Waals surface area (Å²) in [5, 5.41) is 0. The summed E-state index contributed by atoms with van der Waals surface area (Å²) in [5.41, 5.74) is 2.93. The van der Waals surface area contributed by atoms with Crippen LogP contribution < -0.4 is 4.90 Å². The van der Waals surface area contributed by atoms with Gasteiger partial charge in [-0.1, -0.05) is 54.6 Å². The molecule has 0 saturated carbocycles. The first-order valence-corrected chi connectivity index (χ1v) is 11.8. The van der Waals surface area contributed by atoms with Crippen LogP contribution in [0.2, 0.25) is 0 Å². The van der Waals surface area contributed by atoms with Gasteiger partial charge in [-0.3, -0.25) is 14.5 Å². The number of aromatic nitrogens is 2. The van der Waals surface area contributed by atoms with Gasteiger partial charge < -0.3 is 9.30 Å². The van der Waals surface area contributed by atoms with Crippen LogP contribution in [-0.2, 0) is 20.7 Å². The zero-order chi connectivity index (χ0) is 22.8. The van der Waals surface area contributed by atoms with Crippen LogP contribution >= 0.6 is 0 Å². The number of benzene rings is 2. The number of anilines is 1. The second kappa shape index (κ2) is 9.22. The maximum atomic E-state index is 13.9. The lowest BCUT2D eigenvalue weighted by Crippen LogP contribution is -2.52. The van der Waals surface area contributed by atoms with Gasteiger partial charge in [0.1, 0.15) is 0 Å². The minimum atomic E-state index is -0.873. The molecule has 2 heterocycles. The zero-order valence-electron chi connectivity index (χ0n) is 18.9. The first-order chi connectivity index (χ1) is 16.2. The molecule has 2 aliphatic rings. The largest absolute Gasteiger partial charge is 0.465 e. The predicted octanol–water partition coefficient (Wildman–Crippen LogP) is 4.70. The molecule has 3 aromatic rings. The lowest BCUT2D eigenvalue weighted by atomic mass is 9.79. The molecular weight excluding hydrogens is 414 g/mol. The fraction of sp³-hybridized carbons (Fsp3) is 0.370. The molecule has 170 valence electrons. The number of hydrogen-bond donors (Lipinski definition) is 0. The number of rotatable bonds is 6. The average molecular weight is 444 g/mol. The fourth-order valence-electron chi connectivity index (χ4n) is 5.26. The van der Waals surface area contributed by atoms with Crippen molar-refractivity contribution in [1.29, 1.82) is 0 Å². The number of esters is 1. The Hall–Kier alpha value is -3.41. The topological polar surface area (TPSA) is 64.4 Å². The molecule has 0 saturated heterocycles. The van der Waals surface area contributed by atoms with E-state index in [4.69, 9.17) is 9.72 Å². The quantitative estimate of drug-likeness (QED) is 0.315. The van der Waals surface area contributed by atoms with Crippen LogP contribution in [0.5, 0.6) is 0 Å². The number of carbonyl (C=O) groups is 2. The highest BCUT2D eigenvalue weighted by molar-refractivity contribution is 6.08. The molecular formula is C27H29N3O3. The number of carbonyl (C=O) groups excluding carboxylic acids is 2. The van der Waals surface area contributed by atoms with E-state index in [2.05, 4.69) is 28.9 Å². The minimum absolute atomic E-state index is 0.168. The SMILES string of the molecule is CCOC(=O)[C@@H]1C(=O)N(CCc2ccccc2)c2nc3ccccc3n2[C@@H]1[C@H]1CC=CCC1. The Labute approximate surface area is 193 Å². The molecule has 6 heteroatoms. The fourth-order valence-corrected chi connectivity index (χ4v) is 5.26. The van der Waals surface area contributed by atoms with E-state index in [-0.39, 0.29) is 24.5 Å². The number of nitrogens with zero attached hydrogens (tertiary/aromatic N) is 3. The van der Waals surface area contributed by atoms with Crippen LogP contribution in [0.4, 0.5) is 5.95 Å². The Morgan fingerprint density at radius 3 is 2.64 bits per heavy atom. The predicted molar refractivity (Wildman–Crippen MR) is 128 cm³/mol. The molecule has 2 aromatic carbocycles. The van der Waals surface area contributed by atoms with Crippen LogP contribution in [0.15, 0.2) is 66.7 Å². The van der Waals surface area contributed by atoms with E-state index < -0.39 is 11.9 Å². The van der Waals surface area contributed by atoms with E-state index in [1.54, 1.807) is 11.8 Å². The van der Waals surface area contributed by atoms with Gasteiger partial charge in [0.15, 0.2) is 5.92 Å². The van der Waals surface area contributed by atoms with Crippen LogP contribution in [0.25, 0.3) is 11.0 Å². The summed E-state index contributed by atoms with van der Waals surface area (Å²) in [5.74, 6) is -0.706. The van der Waals surface area contributed by atoms with Gasteiger partial charge >= 0.3 is 5.97 Å². The van der Waals surface area contributed by atoms with Crippen molar-refractivity contribution in [2.45, 2.75) is 38.6 Å². The van der Waals surface area contributed by atoms with E-state index in [1.165, 1.54) is 0 Å². The monoisotopic (exact) mass is 443 g/mol. The Morgan fingerprint density at radius 2 is 1.88 bits per heavy atom. The summed E-state index contributed by atoms with van der Waals surface area (Å²) < 4.78 is 7.60. The van der Waals surface area contributed by atoms with Crippen molar-refractivity contribution in [3.8, 4) is 0 Å². The van der Waals surface area contributed by atoms with Gasteiger partial charge in [-0.15, -0.1) is 0 Å². The molecule has 1 aromatic heterocycles. The molecule has 6 nitrogen and oxygen atoms in total. The van der Waals surface area contributed by atoms with Crippen molar-refractivity contribution in [3.63, 3.8) is 0 Å². The van der Waals surface area contributed by atoms with Crippen LogP contribution in [0, 0.1) is 11.8 Å². The zero-order valence-corrected chi connectivity index (χ0v) is 18.9. The van der Waals surface area contributed by atoms with Gasteiger partial charge in [-0.05, 0) is 56.2 Å². The Bertz CT molecular complexity index is 1180. The number of fused-ring (bicyclic) bond motifs is 3. The van der Waals surface area contributed by atoms with Gasteiger partial charge in [0.05, 0.1) is 23.7 Å². The standard InChI is InChI=1S/C27H29N3O3/c1-2-33-26(32)23-24(20-13-7-4-8-14-20)30-22-16-10-9-15-21(22)28-27(30)29(25(23)31)18-17-19-11-5-3-6-12-19/h3-7,9-12,15-16,20,23-24H,2,8,13-14,17-18H2,1H3/t20-,23-,24+/m0/s1. The maximum Gasteiger partial charge on any atom is 0.320 e. The third-order valence-corrected chi connectivity index (χ3v) is 6.79. The minimum Gasteiger partial charge on any atom is -0.465 e. The lowest BCUT2D eigenvalue weighted by molar-refractivity contribution is -0.155. The Morgan fingerprint density at radius 1 is 1.09 bits per heavy atom. The highest BCUT2D eigenvalue weighted by Crippen LogP contribution is 2.44. The second-order valence-corrected chi connectivity index (χ2v) is 8.76. The van der Waals surface area contributed by atoms with E-state index >= 15 is 0 Å². The molecule has 0 radical (unpaired) electrons. The molecule has 0 spiro atoms. The van der Waals surface area contributed by atoms with E-state index in [0.717, 1.165) is 35.9 Å².